The van der Waals surface area contributed by atoms with E-state index >= 15 is 0 Å². The molecule has 2 aromatic carbocycles. The zero-order chi connectivity index (χ0) is 18.6. The number of fused-ring (bicyclic) bond motifs is 2. The Morgan fingerprint density at radius 3 is 2.37 bits per heavy atom. The molecule has 2 unspecified atom stereocenters. The number of anilines is 1. The van der Waals surface area contributed by atoms with Crippen LogP contribution in [0.4, 0.5) is 14.9 Å². The Morgan fingerprint density at radius 1 is 1.04 bits per heavy atom. The van der Waals surface area contributed by atoms with Crippen LogP contribution in [0.5, 0.6) is 0 Å². The molecule has 2 bridgehead atoms. The van der Waals surface area contributed by atoms with Crippen LogP contribution in [0.1, 0.15) is 18.4 Å². The monoisotopic (exact) mass is 368 g/mol. The molecule has 2 aromatic rings. The minimum atomic E-state index is -0.344. The van der Waals surface area contributed by atoms with E-state index in [1.807, 2.05) is 30.3 Å². The molecule has 4 nitrogen and oxygen atoms in total. The molecule has 142 valence electrons. The zero-order valence-corrected chi connectivity index (χ0v) is 15.3. The van der Waals surface area contributed by atoms with Crippen molar-refractivity contribution in [2.45, 2.75) is 19.4 Å². The maximum Gasteiger partial charge on any atom is 0.414 e. The Kier molecular flexibility index (Phi) is 5.39. The van der Waals surface area contributed by atoms with Gasteiger partial charge in [-0.15, -0.1) is 0 Å². The summed E-state index contributed by atoms with van der Waals surface area (Å²) >= 11 is 0. The van der Waals surface area contributed by atoms with E-state index in [1.165, 1.54) is 25.0 Å². The van der Waals surface area contributed by atoms with Crippen LogP contribution in [0.3, 0.4) is 0 Å². The minimum absolute atomic E-state index is 0.283. The fraction of sp³-hybridized carbons (Fsp3) is 0.409. The van der Waals surface area contributed by atoms with Gasteiger partial charge in [-0.2, -0.15) is 0 Å². The van der Waals surface area contributed by atoms with Gasteiger partial charge in [-0.3, -0.25) is 4.90 Å². The van der Waals surface area contributed by atoms with E-state index in [1.54, 1.807) is 17.0 Å². The lowest BCUT2D eigenvalue weighted by molar-refractivity contribution is 0.0968. The molecule has 1 saturated heterocycles. The molecule has 2 aliphatic rings. The molecule has 0 spiro atoms. The number of halogens is 1. The van der Waals surface area contributed by atoms with Gasteiger partial charge in [-0.05, 0) is 67.6 Å². The summed E-state index contributed by atoms with van der Waals surface area (Å²) in [5.41, 5.74) is 1.64. The Balaban J connectivity index is 1.46. The quantitative estimate of drug-likeness (QED) is 0.859. The van der Waals surface area contributed by atoms with Crippen molar-refractivity contribution in [3.8, 4) is 0 Å². The smallest absolute Gasteiger partial charge is 0.414 e. The number of hydrogen-bond donors (Lipinski definition) is 1. The topological polar surface area (TPSA) is 41.6 Å². The number of para-hydroxylation sites is 1. The summed E-state index contributed by atoms with van der Waals surface area (Å²) in [6, 6.07) is 15.7. The summed E-state index contributed by atoms with van der Waals surface area (Å²) in [5.74, 6) is 1.39. The molecular weight excluding hydrogens is 343 g/mol. The normalized spacial score (nSPS) is 23.8. The van der Waals surface area contributed by atoms with Crippen molar-refractivity contribution in [2.75, 3.05) is 24.6 Å². The van der Waals surface area contributed by atoms with Gasteiger partial charge in [0.2, 0.25) is 0 Å². The Morgan fingerprint density at radius 2 is 1.70 bits per heavy atom. The molecule has 1 saturated carbocycles. The van der Waals surface area contributed by atoms with Gasteiger partial charge in [-0.1, -0.05) is 30.3 Å². The highest BCUT2D eigenvalue weighted by molar-refractivity contribution is 5.87. The van der Waals surface area contributed by atoms with E-state index in [-0.39, 0.29) is 11.9 Å². The van der Waals surface area contributed by atoms with Crippen molar-refractivity contribution >= 4 is 11.8 Å². The lowest BCUT2D eigenvalue weighted by Crippen LogP contribution is -2.41. The highest BCUT2D eigenvalue weighted by Crippen LogP contribution is 2.39. The Labute approximate surface area is 159 Å². The highest BCUT2D eigenvalue weighted by atomic mass is 19.1. The SMILES string of the molecule is O=C(OCC1C2CCC1CNC2)N(Cc1ccc(F)cc1)c1ccccc1. The molecule has 0 aromatic heterocycles. The van der Waals surface area contributed by atoms with Gasteiger partial charge in [0.05, 0.1) is 13.2 Å². The van der Waals surface area contributed by atoms with E-state index in [0.717, 1.165) is 24.3 Å². The molecule has 2 atom stereocenters. The number of nitrogens with one attached hydrogen (secondary N) is 1. The summed E-state index contributed by atoms with van der Waals surface area (Å²) in [4.78, 5) is 14.5. The Bertz CT molecular complexity index is 750. The van der Waals surface area contributed by atoms with E-state index in [4.69, 9.17) is 4.74 Å². The van der Waals surface area contributed by atoms with Crippen LogP contribution in [0.25, 0.3) is 0 Å². The second-order valence-electron chi connectivity index (χ2n) is 7.54. The van der Waals surface area contributed by atoms with Crippen molar-refractivity contribution in [2.24, 2.45) is 17.8 Å². The molecule has 0 radical (unpaired) electrons. The first-order valence-electron chi connectivity index (χ1n) is 9.65. The van der Waals surface area contributed by atoms with Crippen molar-refractivity contribution in [1.82, 2.24) is 5.32 Å². The van der Waals surface area contributed by atoms with Crippen LogP contribution < -0.4 is 10.2 Å². The van der Waals surface area contributed by atoms with Gasteiger partial charge in [0.25, 0.3) is 0 Å². The first kappa shape index (κ1) is 18.0. The van der Waals surface area contributed by atoms with E-state index in [2.05, 4.69) is 5.32 Å². The molecule has 4 rings (SSSR count). The van der Waals surface area contributed by atoms with Crippen molar-refractivity contribution in [3.05, 3.63) is 66.0 Å². The molecule has 27 heavy (non-hydrogen) atoms. The molecule has 2 fully saturated rings. The predicted octanol–water partition coefficient (Wildman–Crippen LogP) is 4.21. The van der Waals surface area contributed by atoms with E-state index < -0.39 is 0 Å². The summed E-state index contributed by atoms with van der Waals surface area (Å²) < 4.78 is 19.0. The molecule has 1 amide bonds. The average molecular weight is 368 g/mol. The first-order valence-corrected chi connectivity index (χ1v) is 9.65. The van der Waals surface area contributed by atoms with Crippen LogP contribution in [0, 0.1) is 23.6 Å². The van der Waals surface area contributed by atoms with Gasteiger partial charge in [0, 0.05) is 11.6 Å². The average Bonchev–Trinajstić information content (AvgIpc) is 2.92. The van der Waals surface area contributed by atoms with Crippen LogP contribution in [-0.4, -0.2) is 25.8 Å². The van der Waals surface area contributed by atoms with Crippen molar-refractivity contribution in [3.63, 3.8) is 0 Å². The molecule has 1 heterocycles. The molecule has 1 N–H and O–H groups in total. The van der Waals surface area contributed by atoms with Crippen LogP contribution in [-0.2, 0) is 11.3 Å². The lowest BCUT2D eigenvalue weighted by Gasteiger charge is -2.31. The van der Waals surface area contributed by atoms with E-state index in [9.17, 15) is 9.18 Å². The first-order chi connectivity index (χ1) is 13.2. The summed E-state index contributed by atoms with van der Waals surface area (Å²) in [6.07, 6.45) is 2.10. The number of hydrogen-bond acceptors (Lipinski definition) is 3. The largest absolute Gasteiger partial charge is 0.449 e. The van der Waals surface area contributed by atoms with E-state index in [0.29, 0.717) is 30.9 Å². The van der Waals surface area contributed by atoms with Gasteiger partial charge in [0.15, 0.2) is 0 Å². The number of nitrogens with zero attached hydrogens (tertiary/aromatic N) is 1. The summed E-state index contributed by atoms with van der Waals surface area (Å²) in [7, 11) is 0. The maximum absolute atomic E-state index is 13.2. The lowest BCUT2D eigenvalue weighted by atomic mass is 9.87. The third-order valence-corrected chi connectivity index (χ3v) is 5.87. The van der Waals surface area contributed by atoms with Gasteiger partial charge < -0.3 is 10.1 Å². The predicted molar refractivity (Wildman–Crippen MR) is 103 cm³/mol. The molecule has 1 aliphatic heterocycles. The third kappa shape index (κ3) is 4.14. The fourth-order valence-electron chi connectivity index (χ4n) is 4.36. The van der Waals surface area contributed by atoms with Crippen LogP contribution in [0.2, 0.25) is 0 Å². The van der Waals surface area contributed by atoms with Gasteiger partial charge in [0.1, 0.15) is 5.82 Å². The fourth-order valence-corrected chi connectivity index (χ4v) is 4.36. The standard InChI is InChI=1S/C22H25FN2O2/c23-19-10-6-16(7-11-19)14-25(20-4-2-1-3-5-20)22(26)27-15-21-17-8-9-18(21)13-24-12-17/h1-7,10-11,17-18,21,24H,8-9,12-15H2. The minimum Gasteiger partial charge on any atom is -0.449 e. The number of rotatable bonds is 5. The second-order valence-corrected chi connectivity index (χ2v) is 7.54. The van der Waals surface area contributed by atoms with Gasteiger partial charge >= 0.3 is 6.09 Å². The Hall–Kier alpha value is -2.40. The number of carbonyl (C=O) groups is 1. The third-order valence-electron chi connectivity index (χ3n) is 5.87. The number of benzene rings is 2. The zero-order valence-electron chi connectivity index (χ0n) is 15.3. The number of ether oxygens (including phenoxy) is 1. The molecular formula is C22H25FN2O2. The van der Waals surface area contributed by atoms with Crippen molar-refractivity contribution < 1.29 is 13.9 Å². The number of amides is 1. The van der Waals surface area contributed by atoms with Gasteiger partial charge in [-0.25, -0.2) is 9.18 Å². The summed E-state index contributed by atoms with van der Waals surface area (Å²) in [6.45, 7) is 2.87. The van der Waals surface area contributed by atoms with Crippen molar-refractivity contribution in [1.29, 1.82) is 0 Å². The molecule has 1 aliphatic carbocycles. The molecule has 5 heteroatoms. The number of piperidine rings is 1. The maximum atomic E-state index is 13.2. The van der Waals surface area contributed by atoms with Crippen LogP contribution >= 0.6 is 0 Å². The number of carbonyl (C=O) groups excluding carboxylic acids is 1. The highest BCUT2D eigenvalue weighted by Gasteiger charge is 2.39. The van der Waals surface area contributed by atoms with Crippen LogP contribution in [0.15, 0.2) is 54.6 Å². The summed E-state index contributed by atoms with van der Waals surface area (Å²) in [5, 5.41) is 3.47. The second kappa shape index (κ2) is 8.09.